The van der Waals surface area contributed by atoms with Crippen molar-refractivity contribution in [2.75, 3.05) is 13.1 Å². The number of rotatable bonds is 3. The molecule has 1 fully saturated rings. The van der Waals surface area contributed by atoms with Crippen LogP contribution in [0.5, 0.6) is 5.75 Å². The van der Waals surface area contributed by atoms with E-state index in [9.17, 15) is 4.79 Å². The van der Waals surface area contributed by atoms with Crippen molar-refractivity contribution in [3.8, 4) is 5.75 Å². The summed E-state index contributed by atoms with van der Waals surface area (Å²) in [5.74, 6) is 0.602. The molecule has 1 aliphatic rings. The average molecular weight is 349 g/mol. The van der Waals surface area contributed by atoms with Crippen molar-refractivity contribution in [3.63, 3.8) is 0 Å². The summed E-state index contributed by atoms with van der Waals surface area (Å²) in [6.45, 7) is 1.25. The van der Waals surface area contributed by atoms with Gasteiger partial charge in [-0.15, -0.1) is 0 Å². The molecule has 3 rings (SSSR count). The van der Waals surface area contributed by atoms with Gasteiger partial charge in [0.25, 0.3) is 5.91 Å². The molecule has 0 bridgehead atoms. The minimum Gasteiger partial charge on any atom is -0.487 e. The second kappa shape index (κ2) is 7.15. The number of amides is 1. The molecule has 1 atom stereocenters. The van der Waals surface area contributed by atoms with Crippen LogP contribution >= 0.6 is 23.8 Å². The molecule has 0 spiro atoms. The summed E-state index contributed by atoms with van der Waals surface area (Å²) < 4.78 is 6.44. The van der Waals surface area contributed by atoms with Crippen LogP contribution in [0.1, 0.15) is 23.2 Å². The number of benzene rings is 1. The van der Waals surface area contributed by atoms with Gasteiger partial charge in [-0.3, -0.25) is 4.79 Å². The number of piperidine rings is 1. The molecule has 4 nitrogen and oxygen atoms in total. The molecule has 1 aromatic heterocycles. The maximum atomic E-state index is 12.6. The molecule has 1 aromatic carbocycles. The molecule has 2 aromatic rings. The number of aromatic amines is 1. The molecule has 120 valence electrons. The zero-order valence-electron chi connectivity index (χ0n) is 12.5. The minimum absolute atomic E-state index is 0.0562. The first-order valence-corrected chi connectivity index (χ1v) is 8.32. The van der Waals surface area contributed by atoms with E-state index in [-0.39, 0.29) is 12.0 Å². The van der Waals surface area contributed by atoms with Crippen LogP contribution in [0.3, 0.4) is 0 Å². The second-order valence-corrected chi connectivity index (χ2v) is 6.29. The van der Waals surface area contributed by atoms with Crippen LogP contribution in [0.15, 0.2) is 42.6 Å². The highest BCUT2D eigenvalue weighted by molar-refractivity contribution is 7.71. The standard InChI is InChI=1S/C17H17ClN2O2S/c18-14-7-1-2-8-15(14)22-12-5-4-10-20(11-12)17(21)13-6-3-9-19-16(13)23/h1-3,6-9,12H,4-5,10-11H2,(H,19,23)/t12-/m1/s1. The molecule has 0 saturated carbocycles. The summed E-state index contributed by atoms with van der Waals surface area (Å²) in [7, 11) is 0. The lowest BCUT2D eigenvalue weighted by atomic mass is 10.1. The van der Waals surface area contributed by atoms with Gasteiger partial charge in [0, 0.05) is 12.7 Å². The maximum absolute atomic E-state index is 12.6. The number of carbonyl (C=O) groups is 1. The summed E-state index contributed by atoms with van der Waals surface area (Å²) in [6, 6.07) is 10.9. The fourth-order valence-corrected chi connectivity index (χ4v) is 3.10. The fourth-order valence-electron chi connectivity index (χ4n) is 2.70. The Morgan fingerprint density at radius 2 is 2.13 bits per heavy atom. The van der Waals surface area contributed by atoms with Crippen LogP contribution in [0, 0.1) is 4.64 Å². The molecular formula is C17H17ClN2O2S. The van der Waals surface area contributed by atoms with Crippen LogP contribution < -0.4 is 4.74 Å². The van der Waals surface area contributed by atoms with Gasteiger partial charge in [-0.05, 0) is 37.1 Å². The van der Waals surface area contributed by atoms with E-state index in [2.05, 4.69) is 4.98 Å². The second-order valence-electron chi connectivity index (χ2n) is 5.48. The molecule has 1 N–H and O–H groups in total. The van der Waals surface area contributed by atoms with E-state index in [0.717, 1.165) is 12.8 Å². The maximum Gasteiger partial charge on any atom is 0.256 e. The Labute approximate surface area is 145 Å². The highest BCUT2D eigenvalue weighted by Gasteiger charge is 2.26. The summed E-state index contributed by atoms with van der Waals surface area (Å²) in [4.78, 5) is 17.3. The molecule has 0 aliphatic carbocycles. The van der Waals surface area contributed by atoms with Crippen molar-refractivity contribution in [1.29, 1.82) is 0 Å². The molecule has 0 unspecified atom stereocenters. The number of halogens is 1. The van der Waals surface area contributed by atoms with Crippen LogP contribution in [-0.2, 0) is 0 Å². The molecule has 1 saturated heterocycles. The monoisotopic (exact) mass is 348 g/mol. The van der Waals surface area contributed by atoms with E-state index in [4.69, 9.17) is 28.6 Å². The van der Waals surface area contributed by atoms with Crippen molar-refractivity contribution >= 4 is 29.7 Å². The highest BCUT2D eigenvalue weighted by atomic mass is 35.5. The number of para-hydroxylation sites is 1. The topological polar surface area (TPSA) is 45.3 Å². The van der Waals surface area contributed by atoms with Gasteiger partial charge < -0.3 is 14.6 Å². The Balaban J connectivity index is 1.71. The Kier molecular flexibility index (Phi) is 4.98. The van der Waals surface area contributed by atoms with E-state index in [1.165, 1.54) is 0 Å². The molecular weight excluding hydrogens is 332 g/mol. The van der Waals surface area contributed by atoms with E-state index < -0.39 is 0 Å². The van der Waals surface area contributed by atoms with Crippen molar-refractivity contribution in [3.05, 3.63) is 57.8 Å². The third-order valence-corrected chi connectivity index (χ3v) is 4.49. The van der Waals surface area contributed by atoms with Crippen LogP contribution in [-0.4, -0.2) is 35.0 Å². The third-order valence-electron chi connectivity index (χ3n) is 3.84. The van der Waals surface area contributed by atoms with Gasteiger partial charge in [-0.25, -0.2) is 0 Å². The third kappa shape index (κ3) is 3.74. The Bertz CT molecular complexity index is 762. The summed E-state index contributed by atoms with van der Waals surface area (Å²) in [5, 5.41) is 0.585. The number of ether oxygens (including phenoxy) is 1. The zero-order valence-corrected chi connectivity index (χ0v) is 14.1. The number of hydrogen-bond donors (Lipinski definition) is 1. The van der Waals surface area contributed by atoms with Crippen LogP contribution in [0.25, 0.3) is 0 Å². The highest BCUT2D eigenvalue weighted by Crippen LogP contribution is 2.26. The van der Waals surface area contributed by atoms with E-state index in [1.54, 1.807) is 29.3 Å². The van der Waals surface area contributed by atoms with Crippen molar-refractivity contribution < 1.29 is 9.53 Å². The van der Waals surface area contributed by atoms with Gasteiger partial charge in [-0.1, -0.05) is 36.0 Å². The number of carbonyl (C=O) groups excluding carboxylic acids is 1. The lowest BCUT2D eigenvalue weighted by molar-refractivity contribution is 0.0537. The first-order chi connectivity index (χ1) is 11.1. The number of pyridine rings is 1. The Hall–Kier alpha value is -1.85. The SMILES string of the molecule is O=C(c1ccc[nH]c1=S)N1CCC[C@@H](Oc2ccccc2Cl)C1. The first-order valence-electron chi connectivity index (χ1n) is 7.53. The van der Waals surface area contributed by atoms with E-state index >= 15 is 0 Å². The smallest absolute Gasteiger partial charge is 0.256 e. The lowest BCUT2D eigenvalue weighted by Crippen LogP contribution is -2.44. The average Bonchev–Trinajstić information content (AvgIpc) is 2.57. The van der Waals surface area contributed by atoms with Crippen LogP contribution in [0.2, 0.25) is 5.02 Å². The Morgan fingerprint density at radius 3 is 2.91 bits per heavy atom. The zero-order chi connectivity index (χ0) is 16.2. The van der Waals surface area contributed by atoms with Crippen molar-refractivity contribution in [2.24, 2.45) is 0 Å². The van der Waals surface area contributed by atoms with Crippen molar-refractivity contribution in [1.82, 2.24) is 9.88 Å². The van der Waals surface area contributed by atoms with Gasteiger partial charge in [0.1, 0.15) is 16.5 Å². The molecule has 1 aliphatic heterocycles. The minimum atomic E-state index is -0.0612. The van der Waals surface area contributed by atoms with Gasteiger partial charge in [0.2, 0.25) is 0 Å². The first kappa shape index (κ1) is 16.0. The normalized spacial score (nSPS) is 17.8. The number of likely N-dealkylation sites (tertiary alicyclic amines) is 1. The lowest BCUT2D eigenvalue weighted by Gasteiger charge is -2.33. The predicted octanol–water partition coefficient (Wildman–Crippen LogP) is 4.08. The number of hydrogen-bond acceptors (Lipinski definition) is 3. The predicted molar refractivity (Wildman–Crippen MR) is 92.6 cm³/mol. The molecule has 2 heterocycles. The fraction of sp³-hybridized carbons (Fsp3) is 0.294. The van der Waals surface area contributed by atoms with Gasteiger partial charge in [0.05, 0.1) is 17.1 Å². The number of H-pyrrole nitrogens is 1. The van der Waals surface area contributed by atoms with Gasteiger partial charge >= 0.3 is 0 Å². The molecule has 1 amide bonds. The number of nitrogens with zero attached hydrogens (tertiary/aromatic N) is 1. The quantitative estimate of drug-likeness (QED) is 0.850. The van der Waals surface area contributed by atoms with Gasteiger partial charge in [0.15, 0.2) is 0 Å². The van der Waals surface area contributed by atoms with Gasteiger partial charge in [-0.2, -0.15) is 0 Å². The van der Waals surface area contributed by atoms with E-state index in [1.807, 2.05) is 18.2 Å². The number of nitrogens with one attached hydrogen (secondary N) is 1. The summed E-state index contributed by atoms with van der Waals surface area (Å²) in [5.41, 5.74) is 0.529. The van der Waals surface area contributed by atoms with Crippen molar-refractivity contribution in [2.45, 2.75) is 18.9 Å². The summed E-state index contributed by atoms with van der Waals surface area (Å²) >= 11 is 11.3. The summed E-state index contributed by atoms with van der Waals surface area (Å²) in [6.07, 6.45) is 3.45. The molecule has 0 radical (unpaired) electrons. The van der Waals surface area contributed by atoms with E-state index in [0.29, 0.717) is 34.1 Å². The van der Waals surface area contributed by atoms with Crippen LogP contribution in [0.4, 0.5) is 0 Å². The Morgan fingerprint density at radius 1 is 1.30 bits per heavy atom. The number of aromatic nitrogens is 1. The largest absolute Gasteiger partial charge is 0.487 e. The molecule has 6 heteroatoms. The molecule has 23 heavy (non-hydrogen) atoms.